The number of hydrogen-bond donors (Lipinski definition) is 2. The number of anilines is 4. The molecule has 3 N–H and O–H groups in total. The van der Waals surface area contributed by atoms with Crippen LogP contribution in [0.5, 0.6) is 5.75 Å². The van der Waals surface area contributed by atoms with Crippen LogP contribution in [0.4, 0.5) is 31.8 Å². The van der Waals surface area contributed by atoms with Gasteiger partial charge < -0.3 is 30.2 Å². The summed E-state index contributed by atoms with van der Waals surface area (Å²) >= 11 is 0. The lowest BCUT2D eigenvalue weighted by Crippen LogP contribution is -2.29. The molecule has 0 radical (unpaired) electrons. The Hall–Kier alpha value is -3.92. The normalized spacial score (nSPS) is 11.0. The standard InChI is InChI=1S/C25H29F2N7O.C2H6/c1-32(2)11-12-33(3)22-14-23(35-24(26)27)20(13-18(22)28)31-25-29-10-9-19(30-25)17-15-34(4)21-8-6-5-7-16(17)21;1-2/h5-10,13-15,24H,11-12,28H2,1-4H3,(H,29,30,31);1-2H3. The van der Waals surface area contributed by atoms with Crippen molar-refractivity contribution in [1.82, 2.24) is 19.4 Å². The number of rotatable bonds is 9. The number of ether oxygens (including phenoxy) is 1. The lowest BCUT2D eigenvalue weighted by atomic mass is 10.1. The molecule has 2 aromatic carbocycles. The lowest BCUT2D eigenvalue weighted by molar-refractivity contribution is -0.0493. The van der Waals surface area contributed by atoms with Crippen molar-refractivity contribution < 1.29 is 13.5 Å². The van der Waals surface area contributed by atoms with E-state index in [1.807, 2.05) is 86.9 Å². The maximum absolute atomic E-state index is 13.2. The topological polar surface area (TPSA) is 84.5 Å². The van der Waals surface area contributed by atoms with Crippen molar-refractivity contribution in [1.29, 1.82) is 0 Å². The molecule has 0 saturated heterocycles. The molecule has 4 rings (SSSR count). The smallest absolute Gasteiger partial charge is 0.387 e. The minimum absolute atomic E-state index is 0.0416. The molecule has 0 unspecified atom stereocenters. The number of alkyl halides is 2. The van der Waals surface area contributed by atoms with Gasteiger partial charge in [-0.15, -0.1) is 0 Å². The van der Waals surface area contributed by atoms with Gasteiger partial charge in [0.25, 0.3) is 0 Å². The van der Waals surface area contributed by atoms with Crippen LogP contribution >= 0.6 is 0 Å². The molecule has 0 spiro atoms. The molecule has 0 bridgehead atoms. The number of benzene rings is 2. The zero-order valence-corrected chi connectivity index (χ0v) is 22.2. The molecule has 0 amide bonds. The zero-order chi connectivity index (χ0) is 27.1. The van der Waals surface area contributed by atoms with Crippen LogP contribution in [-0.4, -0.2) is 60.3 Å². The van der Waals surface area contributed by atoms with Gasteiger partial charge in [-0.1, -0.05) is 32.0 Å². The van der Waals surface area contributed by atoms with E-state index in [1.54, 1.807) is 18.3 Å². The fraction of sp³-hybridized carbons (Fsp3) is 0.333. The first-order valence-corrected chi connectivity index (χ1v) is 12.1. The molecule has 0 aliphatic carbocycles. The van der Waals surface area contributed by atoms with Crippen LogP contribution in [0.15, 0.2) is 54.9 Å². The molecule has 8 nitrogen and oxygen atoms in total. The maximum Gasteiger partial charge on any atom is 0.387 e. The Kier molecular flexibility index (Phi) is 9.24. The number of likely N-dealkylation sites (N-methyl/N-ethyl adjacent to an activating group) is 2. The average Bonchev–Trinajstić information content (AvgIpc) is 3.22. The van der Waals surface area contributed by atoms with Gasteiger partial charge in [-0.05, 0) is 32.3 Å². The molecule has 0 saturated carbocycles. The molecule has 2 heterocycles. The van der Waals surface area contributed by atoms with Gasteiger partial charge >= 0.3 is 6.61 Å². The summed E-state index contributed by atoms with van der Waals surface area (Å²) in [6, 6.07) is 12.9. The number of nitrogens with zero attached hydrogens (tertiary/aromatic N) is 5. The largest absolute Gasteiger partial charge is 0.433 e. The maximum atomic E-state index is 13.2. The van der Waals surface area contributed by atoms with E-state index in [1.165, 1.54) is 6.07 Å². The third-order valence-corrected chi connectivity index (χ3v) is 5.71. The number of halogens is 2. The number of aryl methyl sites for hydroxylation is 1. The molecule has 2 aromatic heterocycles. The number of aromatic nitrogens is 3. The van der Waals surface area contributed by atoms with E-state index in [-0.39, 0.29) is 17.4 Å². The number of nitrogens with two attached hydrogens (primary N) is 1. The molecule has 37 heavy (non-hydrogen) atoms. The van der Waals surface area contributed by atoms with Gasteiger partial charge in [0, 0.05) is 62.1 Å². The first kappa shape index (κ1) is 27.7. The van der Waals surface area contributed by atoms with Gasteiger partial charge in [0.05, 0.1) is 22.8 Å². The van der Waals surface area contributed by atoms with Gasteiger partial charge in [0.15, 0.2) is 5.75 Å². The highest BCUT2D eigenvalue weighted by Gasteiger charge is 2.17. The van der Waals surface area contributed by atoms with Crippen LogP contribution in [-0.2, 0) is 7.05 Å². The Morgan fingerprint density at radius 1 is 1.08 bits per heavy atom. The Bertz CT molecular complexity index is 1320. The van der Waals surface area contributed by atoms with E-state index >= 15 is 0 Å². The third-order valence-electron chi connectivity index (χ3n) is 5.71. The molecule has 0 atom stereocenters. The highest BCUT2D eigenvalue weighted by molar-refractivity contribution is 5.95. The van der Waals surface area contributed by atoms with Gasteiger partial charge in [0.2, 0.25) is 5.95 Å². The molecule has 0 aliphatic heterocycles. The highest BCUT2D eigenvalue weighted by atomic mass is 19.3. The first-order valence-electron chi connectivity index (χ1n) is 12.1. The van der Waals surface area contributed by atoms with Gasteiger partial charge in [-0.25, -0.2) is 9.97 Å². The summed E-state index contributed by atoms with van der Waals surface area (Å²) in [5, 5.41) is 4.06. The second-order valence-corrected chi connectivity index (χ2v) is 8.57. The van der Waals surface area contributed by atoms with Crippen molar-refractivity contribution in [3.05, 3.63) is 54.9 Å². The number of nitrogen functional groups attached to an aromatic ring is 1. The predicted molar refractivity (Wildman–Crippen MR) is 148 cm³/mol. The second-order valence-electron chi connectivity index (χ2n) is 8.57. The predicted octanol–water partition coefficient (Wildman–Crippen LogP) is 5.59. The number of nitrogens with one attached hydrogen (secondary N) is 1. The van der Waals surface area contributed by atoms with Crippen LogP contribution in [0.1, 0.15) is 13.8 Å². The van der Waals surface area contributed by atoms with E-state index in [9.17, 15) is 8.78 Å². The van der Waals surface area contributed by atoms with Crippen LogP contribution < -0.4 is 20.7 Å². The molecule has 0 aliphatic rings. The van der Waals surface area contributed by atoms with Crippen molar-refractivity contribution in [2.45, 2.75) is 20.5 Å². The molecule has 10 heteroatoms. The summed E-state index contributed by atoms with van der Waals surface area (Å²) in [6.45, 7) is 2.44. The van der Waals surface area contributed by atoms with E-state index in [0.29, 0.717) is 23.6 Å². The summed E-state index contributed by atoms with van der Waals surface area (Å²) in [5.41, 5.74) is 10.3. The molecule has 198 valence electrons. The Morgan fingerprint density at radius 3 is 2.51 bits per heavy atom. The van der Waals surface area contributed by atoms with Gasteiger partial charge in [0.1, 0.15) is 0 Å². The number of fused-ring (bicyclic) bond motifs is 1. The fourth-order valence-corrected chi connectivity index (χ4v) is 3.91. The summed E-state index contributed by atoms with van der Waals surface area (Å²) < 4.78 is 33.3. The number of para-hydroxylation sites is 1. The third kappa shape index (κ3) is 6.65. The zero-order valence-electron chi connectivity index (χ0n) is 22.2. The van der Waals surface area contributed by atoms with E-state index in [4.69, 9.17) is 10.5 Å². The van der Waals surface area contributed by atoms with Crippen LogP contribution in [0, 0.1) is 0 Å². The molecule has 4 aromatic rings. The Balaban J connectivity index is 0.00000186. The SMILES string of the molecule is CC.CN(C)CCN(C)c1cc(OC(F)F)c(Nc2nccc(-c3cn(C)c4ccccc34)n2)cc1N. The summed E-state index contributed by atoms with van der Waals surface area (Å²) in [7, 11) is 7.75. The Morgan fingerprint density at radius 2 is 1.81 bits per heavy atom. The quantitative estimate of drug-likeness (QED) is 0.284. The fourth-order valence-electron chi connectivity index (χ4n) is 3.91. The van der Waals surface area contributed by atoms with E-state index in [2.05, 4.69) is 15.3 Å². The lowest BCUT2D eigenvalue weighted by Gasteiger charge is -2.24. The molecular formula is C27H35F2N7O. The van der Waals surface area contributed by atoms with Gasteiger partial charge in [-0.2, -0.15) is 8.78 Å². The van der Waals surface area contributed by atoms with E-state index in [0.717, 1.165) is 23.0 Å². The van der Waals surface area contributed by atoms with Crippen molar-refractivity contribution in [3.63, 3.8) is 0 Å². The van der Waals surface area contributed by atoms with Crippen molar-refractivity contribution in [2.75, 3.05) is 50.2 Å². The molecule has 0 fully saturated rings. The highest BCUT2D eigenvalue weighted by Crippen LogP contribution is 2.37. The Labute approximate surface area is 216 Å². The summed E-state index contributed by atoms with van der Waals surface area (Å²) in [4.78, 5) is 12.8. The average molecular weight is 512 g/mol. The minimum atomic E-state index is -3.00. The van der Waals surface area contributed by atoms with Crippen molar-refractivity contribution in [3.8, 4) is 17.0 Å². The summed E-state index contributed by atoms with van der Waals surface area (Å²) in [5.74, 6) is 0.197. The van der Waals surface area contributed by atoms with Crippen molar-refractivity contribution in [2.24, 2.45) is 7.05 Å². The van der Waals surface area contributed by atoms with Crippen LogP contribution in [0.2, 0.25) is 0 Å². The van der Waals surface area contributed by atoms with Crippen LogP contribution in [0.3, 0.4) is 0 Å². The van der Waals surface area contributed by atoms with Crippen molar-refractivity contribution >= 4 is 33.9 Å². The van der Waals surface area contributed by atoms with E-state index < -0.39 is 6.61 Å². The monoisotopic (exact) mass is 511 g/mol. The van der Waals surface area contributed by atoms with Gasteiger partial charge in [-0.3, -0.25) is 0 Å². The minimum Gasteiger partial charge on any atom is -0.433 e. The van der Waals surface area contributed by atoms with Crippen LogP contribution in [0.25, 0.3) is 22.2 Å². The number of hydrogen-bond acceptors (Lipinski definition) is 7. The second kappa shape index (κ2) is 12.4. The molecular weight excluding hydrogens is 476 g/mol. The summed E-state index contributed by atoms with van der Waals surface area (Å²) in [6.07, 6.45) is 3.62. The first-order chi connectivity index (χ1) is 17.7.